The fraction of sp³-hybridized carbons (Fsp3) is 0. The molecule has 7 heteroatoms. The zero-order valence-electron chi connectivity index (χ0n) is 11.7. The minimum Gasteiger partial charge on any atom is -0.375 e. The van der Waals surface area contributed by atoms with Gasteiger partial charge in [0, 0.05) is 16.1 Å². The standard InChI is InChI=1S/C16H10ClN5S/c17-8-5-6-11-12(7-8)20-15-13(19-11)9-3-1-2-4-10(9)14(15)21-22-16(18)23/h1-7H,(H3,18,22,23). The van der Waals surface area contributed by atoms with Crippen LogP contribution in [-0.2, 0) is 0 Å². The number of hydrazone groups is 1. The second kappa shape index (κ2) is 5.26. The molecule has 1 aliphatic rings. The van der Waals surface area contributed by atoms with Crippen molar-refractivity contribution in [3.05, 3.63) is 58.7 Å². The summed E-state index contributed by atoms with van der Waals surface area (Å²) < 4.78 is 0. The third-order valence-corrected chi connectivity index (χ3v) is 3.89. The first-order chi connectivity index (χ1) is 11.1. The highest BCUT2D eigenvalue weighted by atomic mass is 35.5. The van der Waals surface area contributed by atoms with Gasteiger partial charge in [0.1, 0.15) is 11.4 Å². The Balaban J connectivity index is 2.01. The van der Waals surface area contributed by atoms with E-state index in [0.717, 1.165) is 22.3 Å². The molecule has 0 unspecified atom stereocenters. The van der Waals surface area contributed by atoms with E-state index in [2.05, 4.69) is 15.5 Å². The van der Waals surface area contributed by atoms with E-state index >= 15 is 0 Å². The number of nitrogens with two attached hydrogens (primary N) is 1. The first-order valence-corrected chi connectivity index (χ1v) is 7.63. The maximum absolute atomic E-state index is 6.05. The van der Waals surface area contributed by atoms with Crippen LogP contribution in [0, 0.1) is 0 Å². The number of aromatic nitrogens is 2. The van der Waals surface area contributed by atoms with E-state index in [4.69, 9.17) is 34.5 Å². The van der Waals surface area contributed by atoms with Crippen molar-refractivity contribution in [2.45, 2.75) is 0 Å². The Labute approximate surface area is 142 Å². The average molecular weight is 340 g/mol. The van der Waals surface area contributed by atoms with E-state index in [1.54, 1.807) is 12.1 Å². The molecule has 0 fully saturated rings. The molecular weight excluding hydrogens is 330 g/mol. The summed E-state index contributed by atoms with van der Waals surface area (Å²) >= 11 is 10.9. The minimum atomic E-state index is 0.0974. The van der Waals surface area contributed by atoms with E-state index in [-0.39, 0.29) is 5.11 Å². The van der Waals surface area contributed by atoms with Gasteiger partial charge in [-0.25, -0.2) is 9.97 Å². The molecular formula is C16H10ClN5S. The first-order valence-electron chi connectivity index (χ1n) is 6.84. The second-order valence-corrected chi connectivity index (χ2v) is 5.91. The molecule has 0 saturated heterocycles. The summed E-state index contributed by atoms with van der Waals surface area (Å²) in [7, 11) is 0. The van der Waals surface area contributed by atoms with Gasteiger partial charge in [0.05, 0.1) is 16.7 Å². The fourth-order valence-corrected chi connectivity index (χ4v) is 2.84. The Morgan fingerprint density at radius 2 is 1.78 bits per heavy atom. The largest absolute Gasteiger partial charge is 0.375 e. The van der Waals surface area contributed by atoms with Crippen LogP contribution in [0.25, 0.3) is 22.3 Å². The molecule has 0 bridgehead atoms. The van der Waals surface area contributed by atoms with Crippen molar-refractivity contribution in [2.75, 3.05) is 0 Å². The van der Waals surface area contributed by atoms with Gasteiger partial charge in [-0.2, -0.15) is 5.10 Å². The van der Waals surface area contributed by atoms with Crippen LogP contribution >= 0.6 is 23.8 Å². The predicted molar refractivity (Wildman–Crippen MR) is 95.5 cm³/mol. The Morgan fingerprint density at radius 3 is 2.57 bits per heavy atom. The number of rotatable bonds is 1. The van der Waals surface area contributed by atoms with Gasteiger partial charge in [-0.15, -0.1) is 0 Å². The van der Waals surface area contributed by atoms with Crippen molar-refractivity contribution in [3.63, 3.8) is 0 Å². The Hall–Kier alpha value is -2.57. The molecule has 23 heavy (non-hydrogen) atoms. The molecule has 3 N–H and O–H groups in total. The molecule has 0 aliphatic heterocycles. The van der Waals surface area contributed by atoms with E-state index < -0.39 is 0 Å². The summed E-state index contributed by atoms with van der Waals surface area (Å²) in [5.41, 5.74) is 13.7. The topological polar surface area (TPSA) is 76.2 Å². The van der Waals surface area contributed by atoms with E-state index in [0.29, 0.717) is 21.9 Å². The summed E-state index contributed by atoms with van der Waals surface area (Å²) in [5.74, 6) is 0. The third kappa shape index (κ3) is 2.32. The smallest absolute Gasteiger partial charge is 0.184 e. The van der Waals surface area contributed by atoms with E-state index in [1.807, 2.05) is 30.3 Å². The predicted octanol–water partition coefficient (Wildman–Crippen LogP) is 2.85. The summed E-state index contributed by atoms with van der Waals surface area (Å²) in [6.45, 7) is 0. The molecule has 1 heterocycles. The highest BCUT2D eigenvalue weighted by molar-refractivity contribution is 7.80. The van der Waals surface area contributed by atoms with Crippen LogP contribution in [0.15, 0.2) is 47.6 Å². The lowest BCUT2D eigenvalue weighted by Crippen LogP contribution is -2.25. The van der Waals surface area contributed by atoms with Crippen molar-refractivity contribution in [1.82, 2.24) is 15.4 Å². The van der Waals surface area contributed by atoms with Crippen LogP contribution in [0.2, 0.25) is 5.02 Å². The quantitative estimate of drug-likeness (QED) is 0.412. The van der Waals surface area contributed by atoms with Crippen LogP contribution < -0.4 is 11.2 Å². The number of halogens is 1. The molecule has 5 nitrogen and oxygen atoms in total. The highest BCUT2D eigenvalue weighted by Gasteiger charge is 2.28. The number of nitrogens with zero attached hydrogens (tertiary/aromatic N) is 3. The molecule has 112 valence electrons. The highest BCUT2D eigenvalue weighted by Crippen LogP contribution is 2.35. The van der Waals surface area contributed by atoms with Gasteiger partial charge < -0.3 is 5.73 Å². The van der Waals surface area contributed by atoms with Crippen LogP contribution in [0.4, 0.5) is 0 Å². The first kappa shape index (κ1) is 14.0. The third-order valence-electron chi connectivity index (χ3n) is 3.57. The van der Waals surface area contributed by atoms with Crippen molar-refractivity contribution < 1.29 is 0 Å². The zero-order chi connectivity index (χ0) is 16.0. The molecule has 3 aromatic rings. The van der Waals surface area contributed by atoms with Crippen molar-refractivity contribution in [3.8, 4) is 11.3 Å². The van der Waals surface area contributed by atoms with Gasteiger partial charge >= 0.3 is 0 Å². The SMILES string of the molecule is NC(=S)NN=C1c2ccccc2-c2nc3ccc(Cl)cc3nc21. The van der Waals surface area contributed by atoms with Crippen LogP contribution in [0.1, 0.15) is 11.3 Å². The maximum atomic E-state index is 6.05. The molecule has 0 spiro atoms. The molecule has 4 rings (SSSR count). The Bertz CT molecular complexity index is 999. The van der Waals surface area contributed by atoms with Gasteiger partial charge in [0.15, 0.2) is 5.11 Å². The molecule has 0 saturated carbocycles. The number of fused-ring (bicyclic) bond motifs is 4. The lowest BCUT2D eigenvalue weighted by atomic mass is 10.1. The fourth-order valence-electron chi connectivity index (χ4n) is 2.63. The van der Waals surface area contributed by atoms with Gasteiger partial charge in [-0.3, -0.25) is 5.43 Å². The lowest BCUT2D eigenvalue weighted by Gasteiger charge is -2.04. The maximum Gasteiger partial charge on any atom is 0.184 e. The molecule has 0 radical (unpaired) electrons. The van der Waals surface area contributed by atoms with Crippen LogP contribution in [0.5, 0.6) is 0 Å². The number of benzene rings is 2. The summed E-state index contributed by atoms with van der Waals surface area (Å²) in [5, 5.41) is 5.01. The summed E-state index contributed by atoms with van der Waals surface area (Å²) in [6.07, 6.45) is 0. The van der Waals surface area contributed by atoms with Gasteiger partial charge in [-0.05, 0) is 30.4 Å². The Morgan fingerprint density at radius 1 is 1.04 bits per heavy atom. The molecule has 2 aromatic carbocycles. The summed E-state index contributed by atoms with van der Waals surface area (Å²) in [6, 6.07) is 13.3. The van der Waals surface area contributed by atoms with Crippen molar-refractivity contribution >= 4 is 45.7 Å². The Kier molecular flexibility index (Phi) is 3.21. The van der Waals surface area contributed by atoms with Crippen LogP contribution in [0.3, 0.4) is 0 Å². The number of nitrogens with one attached hydrogen (secondary N) is 1. The van der Waals surface area contributed by atoms with Gasteiger partial charge in [0.2, 0.25) is 0 Å². The molecule has 1 aliphatic carbocycles. The van der Waals surface area contributed by atoms with Gasteiger partial charge in [0.25, 0.3) is 0 Å². The average Bonchev–Trinajstić information content (AvgIpc) is 2.84. The second-order valence-electron chi connectivity index (χ2n) is 5.04. The molecule has 1 aromatic heterocycles. The molecule has 0 amide bonds. The van der Waals surface area contributed by atoms with Gasteiger partial charge in [-0.1, -0.05) is 35.9 Å². The zero-order valence-corrected chi connectivity index (χ0v) is 13.3. The number of thiocarbonyl (C=S) groups is 1. The summed E-state index contributed by atoms with van der Waals surface area (Å²) in [4.78, 5) is 9.41. The van der Waals surface area contributed by atoms with Crippen LogP contribution in [-0.4, -0.2) is 20.8 Å². The lowest BCUT2D eigenvalue weighted by molar-refractivity contribution is 1.03. The monoisotopic (exact) mass is 339 g/mol. The number of hydrogen-bond donors (Lipinski definition) is 2. The normalized spacial score (nSPS) is 13.9. The van der Waals surface area contributed by atoms with E-state index in [9.17, 15) is 0 Å². The van der Waals surface area contributed by atoms with Crippen molar-refractivity contribution in [2.24, 2.45) is 10.8 Å². The van der Waals surface area contributed by atoms with Crippen molar-refractivity contribution in [1.29, 1.82) is 0 Å². The minimum absolute atomic E-state index is 0.0974. The van der Waals surface area contributed by atoms with E-state index in [1.165, 1.54) is 0 Å². The molecule has 0 atom stereocenters. The number of hydrogen-bond acceptors (Lipinski definition) is 4.